The molecule has 1 aromatic carbocycles. The van der Waals surface area contributed by atoms with E-state index in [0.29, 0.717) is 35.7 Å². The highest BCUT2D eigenvalue weighted by molar-refractivity contribution is 5.91. The highest BCUT2D eigenvalue weighted by Gasteiger charge is 2.39. The Morgan fingerprint density at radius 1 is 1.21 bits per heavy atom. The second-order valence-electron chi connectivity index (χ2n) is 6.65. The zero-order valence-corrected chi connectivity index (χ0v) is 16.2. The standard InChI is InChI=1S/C19H23F3N4O3/c1-28-12-7-8-14(16(11-12)29-2)24-18(27)23-9-10-26-15-6-4-3-5-13(15)17(25-26)19(20,21)22/h7-8,11H,3-6,9-10H2,1-2H3,(H2,23,24,27). The van der Waals surface area contributed by atoms with Crippen LogP contribution in [-0.2, 0) is 25.6 Å². The summed E-state index contributed by atoms with van der Waals surface area (Å²) in [7, 11) is 2.99. The third kappa shape index (κ3) is 4.75. The van der Waals surface area contributed by atoms with Crippen molar-refractivity contribution < 1.29 is 27.4 Å². The summed E-state index contributed by atoms with van der Waals surface area (Å²) in [4.78, 5) is 12.2. The number of nitrogens with zero attached hydrogens (tertiary/aromatic N) is 2. The van der Waals surface area contributed by atoms with Gasteiger partial charge >= 0.3 is 12.2 Å². The van der Waals surface area contributed by atoms with Gasteiger partial charge in [0.05, 0.1) is 26.5 Å². The van der Waals surface area contributed by atoms with E-state index >= 15 is 0 Å². The maximum Gasteiger partial charge on any atom is 0.435 e. The first kappa shape index (κ1) is 20.8. The molecule has 1 aliphatic rings. The fraction of sp³-hybridized carbons (Fsp3) is 0.474. The summed E-state index contributed by atoms with van der Waals surface area (Å²) in [6.45, 7) is 0.293. The summed E-state index contributed by atoms with van der Waals surface area (Å²) in [6.07, 6.45) is -1.96. The smallest absolute Gasteiger partial charge is 0.435 e. The van der Waals surface area contributed by atoms with Gasteiger partial charge in [-0.15, -0.1) is 0 Å². The molecular formula is C19H23F3N4O3. The molecule has 2 amide bonds. The molecule has 10 heteroatoms. The number of alkyl halides is 3. The summed E-state index contributed by atoms with van der Waals surface area (Å²) in [6, 6.07) is 4.44. The van der Waals surface area contributed by atoms with E-state index in [2.05, 4.69) is 15.7 Å². The molecule has 1 heterocycles. The molecule has 29 heavy (non-hydrogen) atoms. The first-order valence-electron chi connectivity index (χ1n) is 9.26. The number of fused-ring (bicyclic) bond motifs is 1. The van der Waals surface area contributed by atoms with Crippen molar-refractivity contribution in [2.75, 3.05) is 26.1 Å². The number of hydrogen-bond acceptors (Lipinski definition) is 4. The number of halogens is 3. The molecule has 0 spiro atoms. The molecule has 0 fully saturated rings. The number of urea groups is 1. The lowest BCUT2D eigenvalue weighted by molar-refractivity contribution is -0.142. The highest BCUT2D eigenvalue weighted by Crippen LogP contribution is 2.35. The number of hydrogen-bond donors (Lipinski definition) is 2. The van der Waals surface area contributed by atoms with Crippen molar-refractivity contribution >= 4 is 11.7 Å². The zero-order chi connectivity index (χ0) is 21.0. The van der Waals surface area contributed by atoms with Crippen LogP contribution in [0.25, 0.3) is 0 Å². The normalized spacial score (nSPS) is 13.6. The van der Waals surface area contributed by atoms with Gasteiger partial charge in [0.15, 0.2) is 5.69 Å². The fourth-order valence-corrected chi connectivity index (χ4v) is 3.43. The number of nitrogens with one attached hydrogen (secondary N) is 2. The number of anilines is 1. The van der Waals surface area contributed by atoms with E-state index in [1.165, 1.54) is 18.9 Å². The van der Waals surface area contributed by atoms with E-state index < -0.39 is 17.9 Å². The van der Waals surface area contributed by atoms with E-state index in [-0.39, 0.29) is 18.7 Å². The van der Waals surface area contributed by atoms with Crippen LogP contribution in [0.5, 0.6) is 11.5 Å². The third-order valence-electron chi connectivity index (χ3n) is 4.79. The van der Waals surface area contributed by atoms with E-state index in [1.54, 1.807) is 18.2 Å². The summed E-state index contributed by atoms with van der Waals surface area (Å²) in [5.74, 6) is 1.01. The molecule has 0 unspecified atom stereocenters. The number of carbonyl (C=O) groups is 1. The Morgan fingerprint density at radius 3 is 2.66 bits per heavy atom. The minimum atomic E-state index is -4.47. The van der Waals surface area contributed by atoms with Gasteiger partial charge < -0.3 is 20.1 Å². The van der Waals surface area contributed by atoms with Gasteiger partial charge in [0, 0.05) is 23.9 Å². The van der Waals surface area contributed by atoms with Crippen LogP contribution in [0.4, 0.5) is 23.7 Å². The van der Waals surface area contributed by atoms with E-state index in [9.17, 15) is 18.0 Å². The predicted molar refractivity (Wildman–Crippen MR) is 100 cm³/mol. The molecule has 1 aliphatic carbocycles. The number of amides is 2. The highest BCUT2D eigenvalue weighted by atomic mass is 19.4. The second-order valence-corrected chi connectivity index (χ2v) is 6.65. The second kappa shape index (κ2) is 8.62. The maximum atomic E-state index is 13.2. The van der Waals surface area contributed by atoms with Gasteiger partial charge in [0.2, 0.25) is 0 Å². The van der Waals surface area contributed by atoms with Gasteiger partial charge in [0.1, 0.15) is 11.5 Å². The minimum Gasteiger partial charge on any atom is -0.497 e. The molecule has 0 saturated carbocycles. The number of benzene rings is 1. The van der Waals surface area contributed by atoms with Crippen LogP contribution in [0, 0.1) is 0 Å². The molecule has 0 saturated heterocycles. The zero-order valence-electron chi connectivity index (χ0n) is 16.2. The van der Waals surface area contributed by atoms with Crippen LogP contribution < -0.4 is 20.1 Å². The largest absolute Gasteiger partial charge is 0.497 e. The Morgan fingerprint density at radius 2 is 1.97 bits per heavy atom. The van der Waals surface area contributed by atoms with Crippen molar-refractivity contribution in [1.82, 2.24) is 15.1 Å². The number of ether oxygens (including phenoxy) is 2. The monoisotopic (exact) mass is 412 g/mol. The Balaban J connectivity index is 1.62. The number of carbonyl (C=O) groups excluding carboxylic acids is 1. The lowest BCUT2D eigenvalue weighted by atomic mass is 9.95. The summed E-state index contributed by atoms with van der Waals surface area (Å²) in [5.41, 5.74) is 0.542. The SMILES string of the molecule is COc1ccc(NC(=O)NCCn2nc(C(F)(F)F)c3c2CCCC3)c(OC)c1. The van der Waals surface area contributed by atoms with Crippen molar-refractivity contribution in [2.45, 2.75) is 38.4 Å². The van der Waals surface area contributed by atoms with Gasteiger partial charge in [-0.2, -0.15) is 18.3 Å². The number of aromatic nitrogens is 2. The molecule has 3 rings (SSSR count). The molecule has 0 aliphatic heterocycles. The minimum absolute atomic E-state index is 0.135. The quantitative estimate of drug-likeness (QED) is 0.760. The first-order chi connectivity index (χ1) is 13.8. The molecule has 2 N–H and O–H groups in total. The summed E-state index contributed by atoms with van der Waals surface area (Å²) in [5, 5.41) is 9.06. The molecule has 1 aromatic heterocycles. The van der Waals surface area contributed by atoms with Crippen LogP contribution >= 0.6 is 0 Å². The Hall–Kier alpha value is -2.91. The average molecular weight is 412 g/mol. The molecular weight excluding hydrogens is 389 g/mol. The Bertz CT molecular complexity index is 880. The lowest BCUT2D eigenvalue weighted by Gasteiger charge is -2.15. The number of methoxy groups -OCH3 is 2. The van der Waals surface area contributed by atoms with Crippen LogP contribution in [0.2, 0.25) is 0 Å². The lowest BCUT2D eigenvalue weighted by Crippen LogP contribution is -2.32. The van der Waals surface area contributed by atoms with E-state index in [0.717, 1.165) is 12.8 Å². The van der Waals surface area contributed by atoms with Crippen LogP contribution in [0.1, 0.15) is 29.8 Å². The molecule has 7 nitrogen and oxygen atoms in total. The average Bonchev–Trinajstić information content (AvgIpc) is 3.07. The summed E-state index contributed by atoms with van der Waals surface area (Å²) < 4.78 is 51.4. The van der Waals surface area contributed by atoms with E-state index in [1.807, 2.05) is 0 Å². The maximum absolute atomic E-state index is 13.2. The van der Waals surface area contributed by atoms with E-state index in [4.69, 9.17) is 9.47 Å². The topological polar surface area (TPSA) is 77.4 Å². The Kier molecular flexibility index (Phi) is 6.19. The van der Waals surface area contributed by atoms with Crippen molar-refractivity contribution in [3.63, 3.8) is 0 Å². The third-order valence-corrected chi connectivity index (χ3v) is 4.79. The molecule has 158 valence electrons. The van der Waals surface area contributed by atoms with Gasteiger partial charge in [-0.05, 0) is 37.8 Å². The van der Waals surface area contributed by atoms with Crippen molar-refractivity contribution in [2.24, 2.45) is 0 Å². The van der Waals surface area contributed by atoms with Gasteiger partial charge in [-0.25, -0.2) is 4.79 Å². The first-order valence-corrected chi connectivity index (χ1v) is 9.26. The molecule has 0 radical (unpaired) electrons. The molecule has 0 bridgehead atoms. The Labute approximate surface area is 166 Å². The molecule has 2 aromatic rings. The van der Waals surface area contributed by atoms with Crippen LogP contribution in [0.3, 0.4) is 0 Å². The fourth-order valence-electron chi connectivity index (χ4n) is 3.43. The summed E-state index contributed by atoms with van der Waals surface area (Å²) >= 11 is 0. The van der Waals surface area contributed by atoms with Crippen LogP contribution in [-0.4, -0.2) is 36.6 Å². The van der Waals surface area contributed by atoms with Gasteiger partial charge in [-0.3, -0.25) is 4.68 Å². The number of rotatable bonds is 6. The van der Waals surface area contributed by atoms with Gasteiger partial charge in [-0.1, -0.05) is 0 Å². The van der Waals surface area contributed by atoms with Crippen molar-refractivity contribution in [1.29, 1.82) is 0 Å². The molecule has 0 atom stereocenters. The van der Waals surface area contributed by atoms with Gasteiger partial charge in [0.25, 0.3) is 0 Å². The predicted octanol–water partition coefficient (Wildman–Crippen LogP) is 3.62. The van der Waals surface area contributed by atoms with Crippen LogP contribution in [0.15, 0.2) is 18.2 Å². The van der Waals surface area contributed by atoms with Crippen molar-refractivity contribution in [3.05, 3.63) is 35.2 Å². The van der Waals surface area contributed by atoms with Crippen molar-refractivity contribution in [3.8, 4) is 11.5 Å².